The SMILES string of the molecule is COc1c(O)ccc(C)c1CC1CCCNC1. The van der Waals surface area contributed by atoms with Crippen molar-refractivity contribution in [2.24, 2.45) is 5.92 Å². The molecule has 1 saturated heterocycles. The largest absolute Gasteiger partial charge is 0.504 e. The van der Waals surface area contributed by atoms with Gasteiger partial charge >= 0.3 is 0 Å². The first-order chi connectivity index (χ1) is 8.22. The van der Waals surface area contributed by atoms with Crippen LogP contribution in [0.3, 0.4) is 0 Å². The standard InChI is InChI=1S/C14H21NO2/c1-10-5-6-13(16)14(17-2)12(10)8-11-4-3-7-15-9-11/h5-6,11,15-16H,3-4,7-9H2,1-2H3. The van der Waals surface area contributed by atoms with Crippen LogP contribution in [0.5, 0.6) is 11.5 Å². The Hall–Kier alpha value is -1.22. The van der Waals surface area contributed by atoms with Gasteiger partial charge in [0.15, 0.2) is 11.5 Å². The molecule has 1 aliphatic heterocycles. The van der Waals surface area contributed by atoms with E-state index in [-0.39, 0.29) is 5.75 Å². The predicted octanol–water partition coefficient (Wildman–Crippen LogP) is 2.25. The molecular formula is C14H21NO2. The first kappa shape index (κ1) is 12.2. The molecule has 3 heteroatoms. The van der Waals surface area contributed by atoms with Crippen LogP contribution in [0.15, 0.2) is 12.1 Å². The summed E-state index contributed by atoms with van der Waals surface area (Å²) in [5, 5.41) is 13.2. The Labute approximate surface area is 103 Å². The summed E-state index contributed by atoms with van der Waals surface area (Å²) in [5.74, 6) is 1.55. The maximum atomic E-state index is 9.80. The lowest BCUT2D eigenvalue weighted by molar-refractivity contribution is 0.349. The Kier molecular flexibility index (Phi) is 3.89. The zero-order valence-electron chi connectivity index (χ0n) is 10.6. The number of rotatable bonds is 3. The summed E-state index contributed by atoms with van der Waals surface area (Å²) in [6.07, 6.45) is 3.48. The monoisotopic (exact) mass is 235 g/mol. The Morgan fingerprint density at radius 2 is 2.29 bits per heavy atom. The quantitative estimate of drug-likeness (QED) is 0.844. The van der Waals surface area contributed by atoms with E-state index in [0.29, 0.717) is 11.7 Å². The van der Waals surface area contributed by atoms with Crippen molar-refractivity contribution in [2.75, 3.05) is 20.2 Å². The smallest absolute Gasteiger partial charge is 0.163 e. The lowest BCUT2D eigenvalue weighted by Crippen LogP contribution is -2.31. The van der Waals surface area contributed by atoms with E-state index in [1.54, 1.807) is 13.2 Å². The Morgan fingerprint density at radius 1 is 1.47 bits per heavy atom. The molecule has 2 N–H and O–H groups in total. The molecule has 94 valence electrons. The number of phenols is 1. The number of nitrogens with one attached hydrogen (secondary N) is 1. The summed E-state index contributed by atoms with van der Waals surface area (Å²) in [6, 6.07) is 3.67. The third-order valence-electron chi connectivity index (χ3n) is 3.57. The van der Waals surface area contributed by atoms with E-state index in [1.807, 2.05) is 6.07 Å². The second-order valence-electron chi connectivity index (χ2n) is 4.83. The fourth-order valence-electron chi connectivity index (χ4n) is 2.58. The van der Waals surface area contributed by atoms with Crippen LogP contribution in [-0.2, 0) is 6.42 Å². The summed E-state index contributed by atoms with van der Waals surface area (Å²) in [6.45, 7) is 4.28. The number of piperidine rings is 1. The van der Waals surface area contributed by atoms with Gasteiger partial charge in [0.25, 0.3) is 0 Å². The van der Waals surface area contributed by atoms with Crippen LogP contribution >= 0.6 is 0 Å². The van der Waals surface area contributed by atoms with Crippen LogP contribution in [0.25, 0.3) is 0 Å². The number of hydrogen-bond donors (Lipinski definition) is 2. The molecule has 1 heterocycles. The average Bonchev–Trinajstić information content (AvgIpc) is 2.35. The molecule has 1 aromatic rings. The number of phenolic OH excluding ortho intramolecular Hbond substituents is 1. The number of methoxy groups -OCH3 is 1. The lowest BCUT2D eigenvalue weighted by Gasteiger charge is -2.24. The van der Waals surface area contributed by atoms with E-state index in [2.05, 4.69) is 12.2 Å². The third kappa shape index (κ3) is 2.72. The van der Waals surface area contributed by atoms with Crippen molar-refractivity contribution in [1.82, 2.24) is 5.32 Å². The first-order valence-corrected chi connectivity index (χ1v) is 6.28. The second-order valence-corrected chi connectivity index (χ2v) is 4.83. The zero-order valence-corrected chi connectivity index (χ0v) is 10.6. The van der Waals surface area contributed by atoms with Crippen LogP contribution in [-0.4, -0.2) is 25.3 Å². The van der Waals surface area contributed by atoms with Gasteiger partial charge in [0.2, 0.25) is 0 Å². The molecule has 3 nitrogen and oxygen atoms in total. The molecule has 1 aromatic carbocycles. The van der Waals surface area contributed by atoms with E-state index < -0.39 is 0 Å². The summed E-state index contributed by atoms with van der Waals surface area (Å²) in [4.78, 5) is 0. The van der Waals surface area contributed by atoms with Crippen LogP contribution in [0.1, 0.15) is 24.0 Å². The van der Waals surface area contributed by atoms with Crippen LogP contribution in [0, 0.1) is 12.8 Å². The third-order valence-corrected chi connectivity index (χ3v) is 3.57. The van der Waals surface area contributed by atoms with Gasteiger partial charge in [-0.05, 0) is 56.8 Å². The molecule has 2 rings (SSSR count). The van der Waals surface area contributed by atoms with Crippen molar-refractivity contribution < 1.29 is 9.84 Å². The molecule has 0 aliphatic carbocycles. The molecule has 0 spiro atoms. The fraction of sp³-hybridized carbons (Fsp3) is 0.571. The maximum absolute atomic E-state index is 9.80. The number of aromatic hydroxyl groups is 1. The molecule has 0 amide bonds. The summed E-state index contributed by atoms with van der Waals surface area (Å²) in [7, 11) is 1.62. The highest BCUT2D eigenvalue weighted by atomic mass is 16.5. The Morgan fingerprint density at radius 3 is 2.94 bits per heavy atom. The molecule has 17 heavy (non-hydrogen) atoms. The van der Waals surface area contributed by atoms with E-state index in [1.165, 1.54) is 18.4 Å². The molecule has 1 unspecified atom stereocenters. The first-order valence-electron chi connectivity index (χ1n) is 6.28. The van der Waals surface area contributed by atoms with E-state index in [0.717, 1.165) is 25.1 Å². The van der Waals surface area contributed by atoms with Crippen molar-refractivity contribution in [3.8, 4) is 11.5 Å². The van der Waals surface area contributed by atoms with Crippen LogP contribution < -0.4 is 10.1 Å². The molecule has 1 fully saturated rings. The molecule has 0 bridgehead atoms. The number of benzene rings is 1. The van der Waals surface area contributed by atoms with E-state index in [4.69, 9.17) is 4.74 Å². The van der Waals surface area contributed by atoms with Crippen molar-refractivity contribution >= 4 is 0 Å². The summed E-state index contributed by atoms with van der Waals surface area (Å²) in [5.41, 5.74) is 2.35. The van der Waals surface area contributed by atoms with Gasteiger partial charge in [-0.1, -0.05) is 6.07 Å². The minimum atomic E-state index is 0.247. The average molecular weight is 235 g/mol. The van der Waals surface area contributed by atoms with E-state index >= 15 is 0 Å². The van der Waals surface area contributed by atoms with Gasteiger partial charge in [-0.2, -0.15) is 0 Å². The van der Waals surface area contributed by atoms with Crippen molar-refractivity contribution in [1.29, 1.82) is 0 Å². The number of hydrogen-bond acceptors (Lipinski definition) is 3. The molecule has 1 aliphatic rings. The molecule has 0 radical (unpaired) electrons. The summed E-state index contributed by atoms with van der Waals surface area (Å²) >= 11 is 0. The summed E-state index contributed by atoms with van der Waals surface area (Å²) < 4.78 is 5.33. The van der Waals surface area contributed by atoms with Crippen molar-refractivity contribution in [3.63, 3.8) is 0 Å². The second kappa shape index (κ2) is 5.41. The maximum Gasteiger partial charge on any atom is 0.163 e. The van der Waals surface area contributed by atoms with Crippen LogP contribution in [0.4, 0.5) is 0 Å². The predicted molar refractivity (Wildman–Crippen MR) is 68.7 cm³/mol. The Bertz CT molecular complexity index is 384. The van der Waals surface area contributed by atoms with Gasteiger partial charge in [-0.3, -0.25) is 0 Å². The van der Waals surface area contributed by atoms with Crippen molar-refractivity contribution in [2.45, 2.75) is 26.2 Å². The normalized spacial score (nSPS) is 20.2. The topological polar surface area (TPSA) is 41.5 Å². The van der Waals surface area contributed by atoms with Gasteiger partial charge in [0, 0.05) is 5.56 Å². The van der Waals surface area contributed by atoms with Gasteiger partial charge in [0.05, 0.1) is 7.11 Å². The Balaban J connectivity index is 2.21. The molecular weight excluding hydrogens is 214 g/mol. The highest BCUT2D eigenvalue weighted by Gasteiger charge is 2.18. The highest BCUT2D eigenvalue weighted by molar-refractivity contribution is 5.49. The minimum absolute atomic E-state index is 0.247. The van der Waals surface area contributed by atoms with Gasteiger partial charge in [-0.25, -0.2) is 0 Å². The van der Waals surface area contributed by atoms with Gasteiger partial charge < -0.3 is 15.2 Å². The number of ether oxygens (including phenoxy) is 1. The highest BCUT2D eigenvalue weighted by Crippen LogP contribution is 2.34. The molecule has 0 aromatic heterocycles. The number of aryl methyl sites for hydroxylation is 1. The minimum Gasteiger partial charge on any atom is -0.504 e. The molecule has 0 saturated carbocycles. The fourth-order valence-corrected chi connectivity index (χ4v) is 2.58. The molecule has 1 atom stereocenters. The lowest BCUT2D eigenvalue weighted by atomic mass is 9.90. The van der Waals surface area contributed by atoms with Crippen LogP contribution in [0.2, 0.25) is 0 Å². The van der Waals surface area contributed by atoms with Crippen molar-refractivity contribution in [3.05, 3.63) is 23.3 Å². The van der Waals surface area contributed by atoms with E-state index in [9.17, 15) is 5.11 Å². The van der Waals surface area contributed by atoms with Gasteiger partial charge in [0.1, 0.15) is 0 Å². The van der Waals surface area contributed by atoms with Gasteiger partial charge in [-0.15, -0.1) is 0 Å². The zero-order chi connectivity index (χ0) is 12.3.